The highest BCUT2D eigenvalue weighted by molar-refractivity contribution is 6.30. The number of hydrogen-bond acceptors (Lipinski definition) is 4. The molecular formula is C18H16ClN3O2. The van der Waals surface area contributed by atoms with E-state index >= 15 is 0 Å². The third-order valence-corrected chi connectivity index (χ3v) is 3.85. The van der Waals surface area contributed by atoms with Crippen molar-refractivity contribution in [2.75, 3.05) is 0 Å². The van der Waals surface area contributed by atoms with Crippen LogP contribution in [0.25, 0.3) is 11.5 Å². The molecule has 2 aromatic carbocycles. The molecular weight excluding hydrogens is 326 g/mol. The van der Waals surface area contributed by atoms with Crippen molar-refractivity contribution in [1.82, 2.24) is 15.5 Å². The Morgan fingerprint density at radius 3 is 2.58 bits per heavy atom. The van der Waals surface area contributed by atoms with E-state index in [1.807, 2.05) is 25.1 Å². The number of carbonyl (C=O) groups is 1. The summed E-state index contributed by atoms with van der Waals surface area (Å²) in [6, 6.07) is 14.3. The molecule has 0 saturated carbocycles. The Hall–Kier alpha value is -2.66. The van der Waals surface area contributed by atoms with Crippen LogP contribution in [-0.2, 0) is 0 Å². The zero-order valence-corrected chi connectivity index (χ0v) is 14.0. The molecule has 5 nitrogen and oxygen atoms in total. The van der Waals surface area contributed by atoms with Gasteiger partial charge in [-0.3, -0.25) is 4.79 Å². The molecule has 1 N–H and O–H groups in total. The lowest BCUT2D eigenvalue weighted by atomic mass is 10.1. The normalized spacial score (nSPS) is 12.0. The van der Waals surface area contributed by atoms with Gasteiger partial charge in [0.1, 0.15) is 0 Å². The SMILES string of the molecule is Cc1noc(-c2ccc(C(=O)NC(C)c3cccc(Cl)c3)cc2)n1. The molecule has 0 saturated heterocycles. The summed E-state index contributed by atoms with van der Waals surface area (Å²) in [6.45, 7) is 3.67. The molecule has 0 aliphatic rings. The van der Waals surface area contributed by atoms with Crippen LogP contribution >= 0.6 is 11.6 Å². The predicted molar refractivity (Wildman–Crippen MR) is 91.8 cm³/mol. The van der Waals surface area contributed by atoms with Crippen LogP contribution in [0.4, 0.5) is 0 Å². The van der Waals surface area contributed by atoms with Gasteiger partial charge >= 0.3 is 0 Å². The van der Waals surface area contributed by atoms with Crippen molar-refractivity contribution < 1.29 is 9.32 Å². The number of hydrogen-bond donors (Lipinski definition) is 1. The summed E-state index contributed by atoms with van der Waals surface area (Å²) in [7, 11) is 0. The second-order valence-corrected chi connectivity index (χ2v) is 5.91. The molecule has 3 aromatic rings. The summed E-state index contributed by atoms with van der Waals surface area (Å²) in [4.78, 5) is 16.5. The number of nitrogens with one attached hydrogen (secondary N) is 1. The summed E-state index contributed by atoms with van der Waals surface area (Å²) >= 11 is 5.99. The van der Waals surface area contributed by atoms with Gasteiger partial charge in [-0.2, -0.15) is 4.98 Å². The van der Waals surface area contributed by atoms with Gasteiger partial charge in [-0.05, 0) is 55.8 Å². The molecule has 0 radical (unpaired) electrons. The minimum atomic E-state index is -0.157. The smallest absolute Gasteiger partial charge is 0.257 e. The number of rotatable bonds is 4. The van der Waals surface area contributed by atoms with Gasteiger partial charge in [0.05, 0.1) is 6.04 Å². The second kappa shape index (κ2) is 6.84. The quantitative estimate of drug-likeness (QED) is 0.772. The van der Waals surface area contributed by atoms with Gasteiger partial charge in [-0.1, -0.05) is 28.9 Å². The van der Waals surface area contributed by atoms with Crippen molar-refractivity contribution in [2.45, 2.75) is 19.9 Å². The van der Waals surface area contributed by atoms with Crippen LogP contribution < -0.4 is 5.32 Å². The second-order valence-electron chi connectivity index (χ2n) is 5.47. The molecule has 0 aliphatic carbocycles. The molecule has 0 aliphatic heterocycles. The maximum absolute atomic E-state index is 12.4. The van der Waals surface area contributed by atoms with Crippen molar-refractivity contribution in [1.29, 1.82) is 0 Å². The monoisotopic (exact) mass is 341 g/mol. The Morgan fingerprint density at radius 2 is 1.96 bits per heavy atom. The van der Waals surface area contributed by atoms with Crippen molar-refractivity contribution in [2.24, 2.45) is 0 Å². The van der Waals surface area contributed by atoms with E-state index in [-0.39, 0.29) is 11.9 Å². The molecule has 1 aromatic heterocycles. The molecule has 1 amide bonds. The number of carbonyl (C=O) groups excluding carboxylic acids is 1. The maximum atomic E-state index is 12.4. The van der Waals surface area contributed by atoms with Gasteiger partial charge in [0.15, 0.2) is 5.82 Å². The van der Waals surface area contributed by atoms with Gasteiger partial charge in [0, 0.05) is 16.1 Å². The molecule has 0 bridgehead atoms. The van der Waals surface area contributed by atoms with Crippen molar-refractivity contribution in [3.05, 3.63) is 70.5 Å². The first-order valence-corrected chi connectivity index (χ1v) is 7.88. The number of aryl methyl sites for hydroxylation is 1. The summed E-state index contributed by atoms with van der Waals surface area (Å²) < 4.78 is 5.11. The lowest BCUT2D eigenvalue weighted by Gasteiger charge is -2.14. The standard InChI is InChI=1S/C18H16ClN3O2/c1-11(15-4-3-5-16(19)10-15)20-17(23)13-6-8-14(9-7-13)18-21-12(2)22-24-18/h3-11H,1-2H3,(H,20,23). The zero-order valence-electron chi connectivity index (χ0n) is 13.3. The Balaban J connectivity index is 1.71. The number of benzene rings is 2. The van der Waals surface area contributed by atoms with Crippen molar-refractivity contribution in [3.63, 3.8) is 0 Å². The van der Waals surface area contributed by atoms with Gasteiger partial charge < -0.3 is 9.84 Å². The van der Waals surface area contributed by atoms with Crippen LogP contribution in [0.5, 0.6) is 0 Å². The van der Waals surface area contributed by atoms with E-state index in [2.05, 4.69) is 15.5 Å². The first kappa shape index (κ1) is 16.2. The van der Waals surface area contributed by atoms with Crippen LogP contribution in [0.3, 0.4) is 0 Å². The molecule has 122 valence electrons. The van der Waals surface area contributed by atoms with Crippen molar-refractivity contribution in [3.8, 4) is 11.5 Å². The maximum Gasteiger partial charge on any atom is 0.257 e. The minimum absolute atomic E-state index is 0.144. The Labute approximate surface area is 144 Å². The number of nitrogens with zero attached hydrogens (tertiary/aromatic N) is 2. The van der Waals surface area contributed by atoms with Gasteiger partial charge in [0.25, 0.3) is 11.8 Å². The topological polar surface area (TPSA) is 68.0 Å². The fraction of sp³-hybridized carbons (Fsp3) is 0.167. The lowest BCUT2D eigenvalue weighted by molar-refractivity contribution is 0.0940. The minimum Gasteiger partial charge on any atom is -0.346 e. The third kappa shape index (κ3) is 3.63. The average Bonchev–Trinajstić information content (AvgIpc) is 3.01. The number of halogens is 1. The largest absolute Gasteiger partial charge is 0.346 e. The molecule has 1 atom stereocenters. The Kier molecular flexibility index (Phi) is 4.62. The van der Waals surface area contributed by atoms with Crippen LogP contribution in [0.2, 0.25) is 5.02 Å². The first-order valence-electron chi connectivity index (χ1n) is 7.50. The zero-order chi connectivity index (χ0) is 17.1. The summed E-state index contributed by atoms with van der Waals surface area (Å²) in [5.74, 6) is 0.852. The molecule has 6 heteroatoms. The highest BCUT2D eigenvalue weighted by atomic mass is 35.5. The van der Waals surface area contributed by atoms with E-state index in [0.29, 0.717) is 22.3 Å². The van der Waals surface area contributed by atoms with E-state index < -0.39 is 0 Å². The molecule has 0 spiro atoms. The fourth-order valence-electron chi connectivity index (χ4n) is 2.32. The lowest BCUT2D eigenvalue weighted by Crippen LogP contribution is -2.26. The van der Waals surface area contributed by atoms with Gasteiger partial charge in [-0.15, -0.1) is 0 Å². The average molecular weight is 342 g/mol. The molecule has 0 fully saturated rings. The summed E-state index contributed by atoms with van der Waals surface area (Å²) in [5.41, 5.74) is 2.28. The van der Waals surface area contributed by atoms with E-state index in [0.717, 1.165) is 11.1 Å². The highest BCUT2D eigenvalue weighted by Crippen LogP contribution is 2.20. The Bertz CT molecular complexity index is 859. The van der Waals surface area contributed by atoms with Crippen LogP contribution in [-0.4, -0.2) is 16.0 Å². The van der Waals surface area contributed by atoms with E-state index in [1.54, 1.807) is 37.3 Å². The predicted octanol–water partition coefficient (Wildman–Crippen LogP) is 4.19. The third-order valence-electron chi connectivity index (χ3n) is 3.62. The number of aromatic nitrogens is 2. The molecule has 24 heavy (non-hydrogen) atoms. The molecule has 1 heterocycles. The first-order chi connectivity index (χ1) is 11.5. The van der Waals surface area contributed by atoms with Gasteiger partial charge in [0.2, 0.25) is 0 Å². The van der Waals surface area contributed by atoms with E-state index in [1.165, 1.54) is 0 Å². The Morgan fingerprint density at radius 1 is 1.21 bits per heavy atom. The number of amides is 1. The summed E-state index contributed by atoms with van der Waals surface area (Å²) in [5, 5.41) is 7.35. The van der Waals surface area contributed by atoms with E-state index in [9.17, 15) is 4.79 Å². The van der Waals surface area contributed by atoms with Crippen LogP contribution in [0.1, 0.15) is 34.7 Å². The molecule has 1 unspecified atom stereocenters. The van der Waals surface area contributed by atoms with Crippen LogP contribution in [0, 0.1) is 6.92 Å². The highest BCUT2D eigenvalue weighted by Gasteiger charge is 2.13. The van der Waals surface area contributed by atoms with Crippen LogP contribution in [0.15, 0.2) is 53.1 Å². The van der Waals surface area contributed by atoms with Gasteiger partial charge in [-0.25, -0.2) is 0 Å². The molecule has 3 rings (SSSR count). The summed E-state index contributed by atoms with van der Waals surface area (Å²) in [6.07, 6.45) is 0. The van der Waals surface area contributed by atoms with Crippen molar-refractivity contribution >= 4 is 17.5 Å². The fourth-order valence-corrected chi connectivity index (χ4v) is 2.52. The van der Waals surface area contributed by atoms with E-state index in [4.69, 9.17) is 16.1 Å².